The number of rotatable bonds is 6. The monoisotopic (exact) mass is 370 g/mol. The molecule has 9 heteroatoms. The summed E-state index contributed by atoms with van der Waals surface area (Å²) in [5.74, 6) is -1.09. The first kappa shape index (κ1) is 17.1. The van der Waals surface area contributed by atoms with Crippen LogP contribution >= 0.6 is 0 Å². The van der Waals surface area contributed by atoms with Crippen LogP contribution in [-0.2, 0) is 4.79 Å². The lowest BCUT2D eigenvalue weighted by atomic mass is 10.2. The van der Waals surface area contributed by atoms with Gasteiger partial charge in [-0.3, -0.25) is 4.79 Å². The molecule has 0 aliphatic heterocycles. The van der Waals surface area contributed by atoms with Crippen LogP contribution in [0.25, 0.3) is 11.4 Å². The van der Waals surface area contributed by atoms with Gasteiger partial charge in [0.05, 0.1) is 18.3 Å². The Kier molecular flexibility index (Phi) is 4.49. The average molecular weight is 370 g/mol. The molecule has 1 aliphatic rings. The zero-order valence-electron chi connectivity index (χ0n) is 14.2. The molecule has 1 saturated carbocycles. The first-order valence-electron chi connectivity index (χ1n) is 8.47. The average Bonchev–Trinajstić information content (AvgIpc) is 3.40. The maximum Gasteiger partial charge on any atom is 0.243 e. The molecule has 1 heterocycles. The number of anilines is 2. The molecule has 138 valence electrons. The fourth-order valence-corrected chi connectivity index (χ4v) is 2.66. The van der Waals surface area contributed by atoms with Crippen LogP contribution in [0.5, 0.6) is 0 Å². The number of carbonyl (C=O) groups is 1. The summed E-state index contributed by atoms with van der Waals surface area (Å²) in [6.07, 6.45) is 2.16. The molecule has 7 nitrogen and oxygen atoms in total. The van der Waals surface area contributed by atoms with Gasteiger partial charge in [0.2, 0.25) is 5.91 Å². The smallest absolute Gasteiger partial charge is 0.243 e. The molecule has 2 N–H and O–H groups in total. The fourth-order valence-electron chi connectivity index (χ4n) is 2.66. The third-order valence-electron chi connectivity index (χ3n) is 4.18. The van der Waals surface area contributed by atoms with Gasteiger partial charge >= 0.3 is 0 Å². The molecule has 0 atom stereocenters. The van der Waals surface area contributed by atoms with E-state index in [2.05, 4.69) is 26.2 Å². The Morgan fingerprint density at radius 3 is 2.67 bits per heavy atom. The molecule has 1 aliphatic carbocycles. The maximum absolute atomic E-state index is 13.5. The summed E-state index contributed by atoms with van der Waals surface area (Å²) in [6.45, 7) is -0.0882. The highest BCUT2D eigenvalue weighted by Crippen LogP contribution is 2.36. The first-order chi connectivity index (χ1) is 13.1. The van der Waals surface area contributed by atoms with E-state index in [1.165, 1.54) is 0 Å². The Bertz CT molecular complexity index is 968. The number of tetrazole rings is 1. The van der Waals surface area contributed by atoms with Gasteiger partial charge in [0.15, 0.2) is 5.82 Å². The van der Waals surface area contributed by atoms with Crippen molar-refractivity contribution in [1.29, 1.82) is 0 Å². The number of nitrogens with zero attached hydrogens (tertiary/aromatic N) is 4. The van der Waals surface area contributed by atoms with Gasteiger partial charge in [-0.15, -0.1) is 5.10 Å². The SMILES string of the molecule is O=C(CNc1ccc(-c2nnnn2C2CC2)cc1)Nc1cc(F)ccc1F. The summed E-state index contributed by atoms with van der Waals surface area (Å²) in [5, 5.41) is 17.1. The van der Waals surface area contributed by atoms with Crippen LogP contribution < -0.4 is 10.6 Å². The van der Waals surface area contributed by atoms with Gasteiger partial charge in [-0.1, -0.05) is 0 Å². The summed E-state index contributed by atoms with van der Waals surface area (Å²) >= 11 is 0. The summed E-state index contributed by atoms with van der Waals surface area (Å²) in [7, 11) is 0. The quantitative estimate of drug-likeness (QED) is 0.697. The van der Waals surface area contributed by atoms with Crippen molar-refractivity contribution in [3.05, 3.63) is 54.1 Å². The van der Waals surface area contributed by atoms with Crippen molar-refractivity contribution in [1.82, 2.24) is 20.2 Å². The van der Waals surface area contributed by atoms with Crippen molar-refractivity contribution in [2.24, 2.45) is 0 Å². The second-order valence-corrected chi connectivity index (χ2v) is 6.28. The van der Waals surface area contributed by atoms with E-state index in [1.807, 2.05) is 16.8 Å². The largest absolute Gasteiger partial charge is 0.376 e. The van der Waals surface area contributed by atoms with Crippen LogP contribution in [0.4, 0.5) is 20.2 Å². The van der Waals surface area contributed by atoms with Crippen LogP contribution in [-0.4, -0.2) is 32.7 Å². The lowest BCUT2D eigenvalue weighted by Gasteiger charge is -2.09. The van der Waals surface area contributed by atoms with Crippen molar-refractivity contribution in [3.63, 3.8) is 0 Å². The highest BCUT2D eigenvalue weighted by atomic mass is 19.1. The minimum atomic E-state index is -0.692. The van der Waals surface area contributed by atoms with Gasteiger partial charge in [0.25, 0.3) is 0 Å². The third kappa shape index (κ3) is 3.91. The summed E-state index contributed by atoms with van der Waals surface area (Å²) < 4.78 is 28.5. The van der Waals surface area contributed by atoms with Gasteiger partial charge in [-0.05, 0) is 59.7 Å². The normalized spacial score (nSPS) is 13.4. The Morgan fingerprint density at radius 2 is 1.93 bits per heavy atom. The Balaban J connectivity index is 1.36. The van der Waals surface area contributed by atoms with Gasteiger partial charge < -0.3 is 10.6 Å². The minimum absolute atomic E-state index is 0.0882. The van der Waals surface area contributed by atoms with Crippen LogP contribution in [0, 0.1) is 11.6 Å². The van der Waals surface area contributed by atoms with Crippen molar-refractivity contribution in [2.75, 3.05) is 17.2 Å². The summed E-state index contributed by atoms with van der Waals surface area (Å²) in [4.78, 5) is 11.9. The molecule has 0 radical (unpaired) electrons. The van der Waals surface area contributed by atoms with E-state index in [4.69, 9.17) is 0 Å². The second-order valence-electron chi connectivity index (χ2n) is 6.28. The van der Waals surface area contributed by atoms with E-state index in [9.17, 15) is 13.6 Å². The Hall–Kier alpha value is -3.36. The predicted octanol–water partition coefficient (Wildman–Crippen LogP) is 3.00. The Labute approximate surface area is 153 Å². The molecular weight excluding hydrogens is 354 g/mol. The van der Waals surface area contributed by atoms with Crippen molar-refractivity contribution in [2.45, 2.75) is 18.9 Å². The van der Waals surface area contributed by atoms with Gasteiger partial charge in [0.1, 0.15) is 11.6 Å². The van der Waals surface area contributed by atoms with Crippen LogP contribution in [0.2, 0.25) is 0 Å². The summed E-state index contributed by atoms with van der Waals surface area (Å²) in [6, 6.07) is 10.6. The number of hydrogen-bond donors (Lipinski definition) is 2. The van der Waals surface area contributed by atoms with Crippen molar-refractivity contribution >= 4 is 17.3 Å². The molecule has 0 saturated heterocycles. The van der Waals surface area contributed by atoms with Crippen molar-refractivity contribution in [3.8, 4) is 11.4 Å². The number of halogens is 2. The lowest BCUT2D eigenvalue weighted by molar-refractivity contribution is -0.114. The topological polar surface area (TPSA) is 84.7 Å². The molecule has 27 heavy (non-hydrogen) atoms. The number of aromatic nitrogens is 4. The first-order valence-corrected chi connectivity index (χ1v) is 8.47. The summed E-state index contributed by atoms with van der Waals surface area (Å²) in [5.41, 5.74) is 1.40. The lowest BCUT2D eigenvalue weighted by Crippen LogP contribution is -2.22. The molecule has 2 aromatic carbocycles. The van der Waals surface area contributed by atoms with E-state index in [0.717, 1.165) is 36.6 Å². The molecule has 0 unspecified atom stereocenters. The number of hydrogen-bond acceptors (Lipinski definition) is 5. The molecule has 4 rings (SSSR count). The molecule has 1 aromatic heterocycles. The molecular formula is C18H16F2N6O. The number of amides is 1. The third-order valence-corrected chi connectivity index (χ3v) is 4.18. The fraction of sp³-hybridized carbons (Fsp3) is 0.222. The molecule has 0 bridgehead atoms. The highest BCUT2D eigenvalue weighted by molar-refractivity contribution is 5.93. The van der Waals surface area contributed by atoms with E-state index < -0.39 is 17.5 Å². The van der Waals surface area contributed by atoms with Gasteiger partial charge in [0, 0.05) is 17.3 Å². The Morgan fingerprint density at radius 1 is 1.15 bits per heavy atom. The van der Waals surface area contributed by atoms with E-state index >= 15 is 0 Å². The molecule has 1 fully saturated rings. The van der Waals surface area contributed by atoms with Gasteiger partial charge in [-0.25, -0.2) is 13.5 Å². The zero-order chi connectivity index (χ0) is 18.8. The minimum Gasteiger partial charge on any atom is -0.376 e. The van der Waals surface area contributed by atoms with E-state index in [-0.39, 0.29) is 12.2 Å². The molecule has 0 spiro atoms. The maximum atomic E-state index is 13.5. The van der Waals surface area contributed by atoms with Crippen LogP contribution in [0.1, 0.15) is 18.9 Å². The van der Waals surface area contributed by atoms with Crippen LogP contribution in [0.15, 0.2) is 42.5 Å². The number of carbonyl (C=O) groups excluding carboxylic acids is 1. The predicted molar refractivity (Wildman–Crippen MR) is 95.0 cm³/mol. The zero-order valence-corrected chi connectivity index (χ0v) is 14.2. The molecule has 1 amide bonds. The highest BCUT2D eigenvalue weighted by Gasteiger charge is 2.28. The number of benzene rings is 2. The van der Waals surface area contributed by atoms with Crippen molar-refractivity contribution < 1.29 is 13.6 Å². The standard InChI is InChI=1S/C18H16F2N6O/c19-12-3-8-15(20)16(9-12)22-17(27)10-21-13-4-1-11(2-5-13)18-23-24-25-26(18)14-6-7-14/h1-5,8-9,14,21H,6-7,10H2,(H,22,27). The van der Waals surface area contributed by atoms with Gasteiger partial charge in [-0.2, -0.15) is 0 Å². The van der Waals surface area contributed by atoms with E-state index in [1.54, 1.807) is 12.1 Å². The second kappa shape index (κ2) is 7.10. The molecule has 3 aromatic rings. The van der Waals surface area contributed by atoms with Crippen LogP contribution in [0.3, 0.4) is 0 Å². The van der Waals surface area contributed by atoms with E-state index in [0.29, 0.717) is 17.6 Å². The number of nitrogens with one attached hydrogen (secondary N) is 2.